The van der Waals surface area contributed by atoms with E-state index in [9.17, 15) is 9.59 Å². The van der Waals surface area contributed by atoms with Crippen molar-refractivity contribution in [3.8, 4) is 0 Å². The van der Waals surface area contributed by atoms with Gasteiger partial charge in [-0.3, -0.25) is 4.79 Å². The number of ketones is 1. The number of hydrogen-bond acceptors (Lipinski definition) is 4. The number of aromatic amines is 1. The number of nitrogens with one attached hydrogen (secondary N) is 2. The number of fused-ring (bicyclic) bond motifs is 1. The number of dihydropyridines is 1. The molecule has 0 spiro atoms. The van der Waals surface area contributed by atoms with Crippen LogP contribution >= 0.6 is 0 Å². The maximum atomic E-state index is 13.7. The monoisotopic (exact) mass is 468 g/mol. The van der Waals surface area contributed by atoms with Gasteiger partial charge in [-0.1, -0.05) is 55.8 Å². The molecule has 1 aliphatic heterocycles. The summed E-state index contributed by atoms with van der Waals surface area (Å²) in [6, 6.07) is 18.4. The molecule has 0 fully saturated rings. The van der Waals surface area contributed by atoms with Gasteiger partial charge in [0.05, 0.1) is 11.7 Å². The fourth-order valence-electron chi connectivity index (χ4n) is 5.56. The third-order valence-electron chi connectivity index (χ3n) is 7.23. The molecule has 2 heterocycles. The lowest BCUT2D eigenvalue weighted by molar-refractivity contribution is -0.144. The first-order valence-corrected chi connectivity index (χ1v) is 12.5. The molecule has 2 aromatic carbocycles. The van der Waals surface area contributed by atoms with Gasteiger partial charge in [0.15, 0.2) is 5.78 Å². The van der Waals surface area contributed by atoms with Crippen molar-refractivity contribution in [2.45, 2.75) is 64.4 Å². The SMILES string of the molecule is CCCC(C)OC(=O)C1=C(C)NC2=C(C(=O)CC(c3ccccc3)C2)C1c1ccc2cc[nH]c2c1. The quantitative estimate of drug-likeness (QED) is 0.419. The normalized spacial score (nSPS) is 21.1. The Bertz CT molecular complexity index is 1330. The molecule has 5 heteroatoms. The van der Waals surface area contributed by atoms with Gasteiger partial charge in [-0.25, -0.2) is 4.79 Å². The van der Waals surface area contributed by atoms with Crippen LogP contribution < -0.4 is 5.32 Å². The lowest BCUT2D eigenvalue weighted by Crippen LogP contribution is -2.36. The van der Waals surface area contributed by atoms with E-state index in [2.05, 4.69) is 35.4 Å². The van der Waals surface area contributed by atoms with E-state index in [-0.39, 0.29) is 23.8 Å². The van der Waals surface area contributed by atoms with Crippen molar-refractivity contribution in [1.29, 1.82) is 0 Å². The van der Waals surface area contributed by atoms with E-state index >= 15 is 0 Å². The zero-order valence-electron chi connectivity index (χ0n) is 20.6. The van der Waals surface area contributed by atoms with Crippen LogP contribution in [0.5, 0.6) is 0 Å². The van der Waals surface area contributed by atoms with E-state index in [0.717, 1.165) is 47.1 Å². The number of H-pyrrole nitrogens is 1. The molecule has 5 rings (SSSR count). The molecule has 2 N–H and O–H groups in total. The van der Waals surface area contributed by atoms with Crippen LogP contribution in [0.2, 0.25) is 0 Å². The van der Waals surface area contributed by atoms with Crippen LogP contribution in [-0.4, -0.2) is 22.8 Å². The smallest absolute Gasteiger partial charge is 0.337 e. The van der Waals surface area contributed by atoms with E-state index in [1.54, 1.807) is 0 Å². The van der Waals surface area contributed by atoms with Crippen LogP contribution in [0.4, 0.5) is 0 Å². The number of esters is 1. The molecule has 0 amide bonds. The first kappa shape index (κ1) is 23.2. The number of Topliss-reactive ketones (excluding diaryl/α,β-unsaturated/α-hetero) is 1. The molecule has 35 heavy (non-hydrogen) atoms. The predicted octanol–water partition coefficient (Wildman–Crippen LogP) is 6.26. The molecule has 1 aromatic heterocycles. The molecule has 180 valence electrons. The summed E-state index contributed by atoms with van der Waals surface area (Å²) in [5, 5.41) is 4.54. The highest BCUT2D eigenvalue weighted by atomic mass is 16.5. The van der Waals surface area contributed by atoms with E-state index in [1.807, 2.05) is 56.4 Å². The number of hydrogen-bond donors (Lipinski definition) is 2. The summed E-state index contributed by atoms with van der Waals surface area (Å²) in [6.07, 6.45) is 4.62. The largest absolute Gasteiger partial charge is 0.459 e. The fraction of sp³-hybridized carbons (Fsp3) is 0.333. The number of carbonyl (C=O) groups is 2. The van der Waals surface area contributed by atoms with Crippen LogP contribution in [0.1, 0.15) is 69.4 Å². The number of aromatic nitrogens is 1. The zero-order valence-corrected chi connectivity index (χ0v) is 20.6. The second-order valence-corrected chi connectivity index (χ2v) is 9.76. The second kappa shape index (κ2) is 9.57. The van der Waals surface area contributed by atoms with Gasteiger partial charge < -0.3 is 15.0 Å². The summed E-state index contributed by atoms with van der Waals surface area (Å²) in [5.74, 6) is -0.600. The van der Waals surface area contributed by atoms with Gasteiger partial charge in [0.25, 0.3) is 0 Å². The number of carbonyl (C=O) groups excluding carboxylic acids is 2. The molecule has 2 aliphatic rings. The molecule has 5 nitrogen and oxygen atoms in total. The maximum Gasteiger partial charge on any atom is 0.337 e. The first-order chi connectivity index (χ1) is 17.0. The second-order valence-electron chi connectivity index (χ2n) is 9.76. The van der Waals surface area contributed by atoms with Crippen LogP contribution in [0.25, 0.3) is 10.9 Å². The van der Waals surface area contributed by atoms with Gasteiger partial charge in [0.2, 0.25) is 0 Å². The van der Waals surface area contributed by atoms with Crippen LogP contribution in [0.15, 0.2) is 83.3 Å². The van der Waals surface area contributed by atoms with Crippen molar-refractivity contribution in [3.05, 3.63) is 94.5 Å². The summed E-state index contributed by atoms with van der Waals surface area (Å²) >= 11 is 0. The summed E-state index contributed by atoms with van der Waals surface area (Å²) in [4.78, 5) is 30.5. The van der Waals surface area contributed by atoms with Crippen LogP contribution in [0, 0.1) is 0 Å². The Morgan fingerprint density at radius 1 is 1.09 bits per heavy atom. The number of benzene rings is 2. The maximum absolute atomic E-state index is 13.7. The van der Waals surface area contributed by atoms with Crippen LogP contribution in [0.3, 0.4) is 0 Å². The highest BCUT2D eigenvalue weighted by Crippen LogP contribution is 2.46. The highest BCUT2D eigenvalue weighted by molar-refractivity contribution is 6.04. The van der Waals surface area contributed by atoms with Crippen LogP contribution in [-0.2, 0) is 14.3 Å². The van der Waals surface area contributed by atoms with Gasteiger partial charge in [-0.05, 0) is 61.3 Å². The van der Waals surface area contributed by atoms with Gasteiger partial charge in [0.1, 0.15) is 0 Å². The fourth-order valence-corrected chi connectivity index (χ4v) is 5.56. The van der Waals surface area contributed by atoms with Gasteiger partial charge in [0, 0.05) is 41.0 Å². The minimum atomic E-state index is -0.454. The molecular formula is C30H32N2O3. The molecule has 3 atom stereocenters. The number of rotatable bonds is 6. The lowest BCUT2D eigenvalue weighted by atomic mass is 9.71. The lowest BCUT2D eigenvalue weighted by Gasteiger charge is -2.37. The molecule has 3 unspecified atom stereocenters. The third kappa shape index (κ3) is 4.43. The Morgan fingerprint density at radius 2 is 1.89 bits per heavy atom. The van der Waals surface area contributed by atoms with E-state index in [0.29, 0.717) is 17.6 Å². The van der Waals surface area contributed by atoms with E-state index < -0.39 is 5.92 Å². The van der Waals surface area contributed by atoms with Gasteiger partial charge >= 0.3 is 5.97 Å². The van der Waals surface area contributed by atoms with Crippen molar-refractivity contribution in [2.24, 2.45) is 0 Å². The summed E-state index contributed by atoms with van der Waals surface area (Å²) in [6.45, 7) is 5.92. The van der Waals surface area contributed by atoms with Crippen molar-refractivity contribution in [1.82, 2.24) is 10.3 Å². The molecule has 0 saturated carbocycles. The molecular weight excluding hydrogens is 436 g/mol. The highest BCUT2D eigenvalue weighted by Gasteiger charge is 2.41. The van der Waals surface area contributed by atoms with E-state index in [1.165, 1.54) is 5.56 Å². The summed E-state index contributed by atoms with van der Waals surface area (Å²) in [5.41, 5.74) is 5.98. The average Bonchev–Trinajstić information content (AvgIpc) is 3.31. The predicted molar refractivity (Wildman–Crippen MR) is 138 cm³/mol. The Balaban J connectivity index is 1.59. The Kier molecular flexibility index (Phi) is 6.33. The minimum absolute atomic E-state index is 0.0867. The Hall–Kier alpha value is -3.60. The van der Waals surface area contributed by atoms with Gasteiger partial charge in [-0.2, -0.15) is 0 Å². The Labute approximate surface area is 206 Å². The number of ether oxygens (including phenoxy) is 1. The van der Waals surface area contributed by atoms with Crippen molar-refractivity contribution >= 4 is 22.7 Å². The molecule has 0 saturated heterocycles. The number of allylic oxidation sites excluding steroid dienone is 3. The summed E-state index contributed by atoms with van der Waals surface area (Å²) in [7, 11) is 0. The summed E-state index contributed by atoms with van der Waals surface area (Å²) < 4.78 is 5.85. The molecule has 0 radical (unpaired) electrons. The van der Waals surface area contributed by atoms with Gasteiger partial charge in [-0.15, -0.1) is 0 Å². The molecule has 1 aliphatic carbocycles. The standard InChI is InChI=1S/C30H32N2O3/c1-4-8-18(2)35-30(34)27-19(3)32-25-16-23(20-9-6-5-7-10-20)17-26(33)29(25)28(27)22-12-11-21-13-14-31-24(21)15-22/h5-7,9-15,18,23,28,31-32H,4,8,16-17H2,1-3H3. The third-order valence-corrected chi connectivity index (χ3v) is 7.23. The average molecular weight is 469 g/mol. The van der Waals surface area contributed by atoms with Crippen molar-refractivity contribution in [3.63, 3.8) is 0 Å². The van der Waals surface area contributed by atoms with E-state index in [4.69, 9.17) is 4.74 Å². The topological polar surface area (TPSA) is 71.2 Å². The molecule has 0 bridgehead atoms. The molecule has 3 aromatic rings. The van der Waals surface area contributed by atoms with Crippen molar-refractivity contribution < 1.29 is 14.3 Å². The Morgan fingerprint density at radius 3 is 2.66 bits per heavy atom. The zero-order chi connectivity index (χ0) is 24.5. The van der Waals surface area contributed by atoms with Crippen molar-refractivity contribution in [2.75, 3.05) is 0 Å². The minimum Gasteiger partial charge on any atom is -0.459 e. The first-order valence-electron chi connectivity index (χ1n) is 12.5.